The highest BCUT2D eigenvalue weighted by molar-refractivity contribution is 8.76. The van der Waals surface area contributed by atoms with Crippen molar-refractivity contribution >= 4 is 63.6 Å². The van der Waals surface area contributed by atoms with Gasteiger partial charge in [0.05, 0.1) is 25.4 Å². The van der Waals surface area contributed by atoms with Gasteiger partial charge in [-0.2, -0.15) is 0 Å². The van der Waals surface area contributed by atoms with E-state index in [4.69, 9.17) is 13.9 Å². The second-order valence-electron chi connectivity index (χ2n) is 12.1. The van der Waals surface area contributed by atoms with E-state index in [0.29, 0.717) is 30.0 Å². The van der Waals surface area contributed by atoms with Crippen molar-refractivity contribution in [1.29, 1.82) is 0 Å². The lowest BCUT2D eigenvalue weighted by atomic mass is 10.2. The van der Waals surface area contributed by atoms with Crippen molar-refractivity contribution in [2.75, 3.05) is 27.0 Å². The summed E-state index contributed by atoms with van der Waals surface area (Å²) < 4.78 is 22.7. The Balaban J connectivity index is 1.48. The molecule has 5 rings (SSSR count). The van der Waals surface area contributed by atoms with Crippen molar-refractivity contribution < 1.29 is 13.9 Å². The molecule has 1 saturated heterocycles. The Bertz CT molecular complexity index is 1490. The number of hydrogen-bond acceptors (Lipinski definition) is 9. The van der Waals surface area contributed by atoms with Crippen LogP contribution in [-0.4, -0.2) is 83.7 Å². The van der Waals surface area contributed by atoms with Gasteiger partial charge in [0, 0.05) is 20.5 Å². The number of ether oxygens (including phenoxy) is 2. The van der Waals surface area contributed by atoms with Crippen LogP contribution in [0.1, 0.15) is 40.3 Å². The number of nitrogens with zero attached hydrogens (tertiary/aromatic N) is 6. The third-order valence-corrected chi connectivity index (χ3v) is 14.7. The van der Waals surface area contributed by atoms with Gasteiger partial charge in [0.25, 0.3) is 8.32 Å². The van der Waals surface area contributed by atoms with Crippen molar-refractivity contribution in [2.24, 2.45) is 4.99 Å². The second kappa shape index (κ2) is 14.1. The zero-order valence-corrected chi connectivity index (χ0v) is 29.1. The van der Waals surface area contributed by atoms with Gasteiger partial charge in [-0.15, -0.1) is 0 Å². The minimum absolute atomic E-state index is 0.0125. The van der Waals surface area contributed by atoms with Gasteiger partial charge < -0.3 is 18.8 Å². The summed E-state index contributed by atoms with van der Waals surface area (Å²) in [5.74, 6) is 0.518. The second-order valence-corrected chi connectivity index (χ2v) is 19.1. The first-order valence-corrected chi connectivity index (χ1v) is 19.3. The van der Waals surface area contributed by atoms with Crippen LogP contribution in [0.5, 0.6) is 0 Å². The smallest absolute Gasteiger partial charge is 0.261 e. The van der Waals surface area contributed by atoms with Crippen LogP contribution in [0.15, 0.2) is 78.3 Å². The number of hydrogen-bond donors (Lipinski definition) is 0. The highest BCUT2D eigenvalue weighted by Gasteiger charge is 2.51. The van der Waals surface area contributed by atoms with Crippen molar-refractivity contribution in [1.82, 2.24) is 24.4 Å². The van der Waals surface area contributed by atoms with Gasteiger partial charge in [-0.3, -0.25) is 4.57 Å². The van der Waals surface area contributed by atoms with Gasteiger partial charge in [0.2, 0.25) is 0 Å². The molecule has 0 spiro atoms. The standard InChI is InChI=1S/C32H42N6O3S2Si/c1-23(43-42-7)40-26-18-28(38-22-35-29-30(36-21-37(5)6)33-20-34-31(29)38)41-27(26)19-39-44(32(2,3)4,24-14-10-8-11-15-24)25-16-12-9-13-17-25/h8-17,20-23,26-28H,18-19H2,1-7H3/b36-21+/t23-,26-,27-,28-/m1/s1. The van der Waals surface area contributed by atoms with E-state index >= 15 is 0 Å². The molecule has 12 heteroatoms. The van der Waals surface area contributed by atoms with Crippen LogP contribution in [0.2, 0.25) is 5.04 Å². The van der Waals surface area contributed by atoms with Crippen molar-refractivity contribution in [2.45, 2.75) is 63.0 Å². The highest BCUT2D eigenvalue weighted by atomic mass is 33.1. The summed E-state index contributed by atoms with van der Waals surface area (Å²) in [5, 5.41) is 2.33. The van der Waals surface area contributed by atoms with Crippen LogP contribution >= 0.6 is 21.6 Å². The molecule has 0 unspecified atom stereocenters. The fourth-order valence-corrected chi connectivity index (χ4v) is 11.8. The molecule has 0 saturated carbocycles. The lowest BCUT2D eigenvalue weighted by Crippen LogP contribution is -2.67. The Morgan fingerprint density at radius 3 is 2.32 bits per heavy atom. The van der Waals surface area contributed by atoms with E-state index in [1.165, 1.54) is 16.7 Å². The molecule has 3 heterocycles. The van der Waals surface area contributed by atoms with Gasteiger partial charge in [-0.05, 0) is 28.6 Å². The number of imidazole rings is 1. The zero-order chi connectivity index (χ0) is 31.3. The average Bonchev–Trinajstić information content (AvgIpc) is 3.61. The first-order chi connectivity index (χ1) is 21.1. The monoisotopic (exact) mass is 650 g/mol. The Labute approximate surface area is 269 Å². The molecule has 234 valence electrons. The highest BCUT2D eigenvalue weighted by Crippen LogP contribution is 2.40. The molecule has 9 nitrogen and oxygen atoms in total. The fraction of sp³-hybridized carbons (Fsp3) is 0.438. The number of benzene rings is 2. The number of fused-ring (bicyclic) bond motifs is 1. The van der Waals surface area contributed by atoms with E-state index in [1.807, 2.05) is 23.6 Å². The predicted molar refractivity (Wildman–Crippen MR) is 185 cm³/mol. The fourth-order valence-electron chi connectivity index (χ4n) is 5.85. The van der Waals surface area contributed by atoms with Gasteiger partial charge in [0.15, 0.2) is 17.0 Å². The normalized spacial score (nSPS) is 20.0. The van der Waals surface area contributed by atoms with E-state index in [2.05, 4.69) is 115 Å². The minimum Gasteiger partial charge on any atom is -0.405 e. The van der Waals surface area contributed by atoms with Crippen LogP contribution in [0.3, 0.4) is 0 Å². The summed E-state index contributed by atoms with van der Waals surface area (Å²) in [5.41, 5.74) is 1.29. The van der Waals surface area contributed by atoms with Crippen LogP contribution in [0.4, 0.5) is 5.82 Å². The van der Waals surface area contributed by atoms with Crippen molar-refractivity contribution in [3.63, 3.8) is 0 Å². The molecule has 1 fully saturated rings. The van der Waals surface area contributed by atoms with Crippen LogP contribution < -0.4 is 10.4 Å². The maximum Gasteiger partial charge on any atom is 0.261 e. The number of rotatable bonds is 12. The molecule has 0 aliphatic carbocycles. The lowest BCUT2D eigenvalue weighted by molar-refractivity contribution is -0.0599. The molecular weight excluding hydrogens is 609 g/mol. The molecule has 0 bridgehead atoms. The molecule has 1 aliphatic heterocycles. The van der Waals surface area contributed by atoms with Gasteiger partial charge in [-0.1, -0.05) is 103 Å². The predicted octanol–water partition coefficient (Wildman–Crippen LogP) is 5.65. The molecule has 0 amide bonds. The van der Waals surface area contributed by atoms with E-state index < -0.39 is 8.32 Å². The number of aromatic nitrogens is 4. The average molecular weight is 651 g/mol. The first-order valence-electron chi connectivity index (χ1n) is 14.8. The molecule has 4 aromatic rings. The third-order valence-electron chi connectivity index (χ3n) is 7.72. The van der Waals surface area contributed by atoms with Crippen LogP contribution in [0, 0.1) is 0 Å². The summed E-state index contributed by atoms with van der Waals surface area (Å²) in [6.07, 6.45) is 6.89. The SMILES string of the molecule is CSS[C@H](C)O[C@@H]1C[C@H](n2cnc3c(/N=C/N(C)C)ncnc32)O[C@@H]1CO[Si](c1ccccc1)(c1ccccc1)C(C)(C)C. The van der Waals surface area contributed by atoms with Gasteiger partial charge in [0.1, 0.15) is 24.1 Å². The van der Waals surface area contributed by atoms with E-state index in [-0.39, 0.29) is 28.9 Å². The van der Waals surface area contributed by atoms with Crippen molar-refractivity contribution in [3.05, 3.63) is 73.3 Å². The van der Waals surface area contributed by atoms with Gasteiger partial charge >= 0.3 is 0 Å². The molecule has 4 atom stereocenters. The molecule has 0 N–H and O–H groups in total. The lowest BCUT2D eigenvalue weighted by Gasteiger charge is -2.43. The quantitative estimate of drug-likeness (QED) is 0.0635. The molecule has 0 radical (unpaired) electrons. The van der Waals surface area contributed by atoms with Crippen LogP contribution in [-0.2, 0) is 13.9 Å². The van der Waals surface area contributed by atoms with E-state index in [9.17, 15) is 0 Å². The Kier molecular flexibility index (Phi) is 10.5. The summed E-state index contributed by atoms with van der Waals surface area (Å²) in [7, 11) is 4.46. The largest absolute Gasteiger partial charge is 0.405 e. The van der Waals surface area contributed by atoms with E-state index in [1.54, 1.807) is 34.3 Å². The molecule has 44 heavy (non-hydrogen) atoms. The summed E-state index contributed by atoms with van der Waals surface area (Å²) >= 11 is 0. The first kappa shape index (κ1) is 32.6. The Hall–Kier alpha value is -2.74. The summed E-state index contributed by atoms with van der Waals surface area (Å²) in [6, 6.07) is 21.4. The maximum atomic E-state index is 7.30. The van der Waals surface area contributed by atoms with Gasteiger partial charge in [-0.25, -0.2) is 19.9 Å². The summed E-state index contributed by atoms with van der Waals surface area (Å²) in [6.45, 7) is 9.34. The van der Waals surface area contributed by atoms with Crippen molar-refractivity contribution in [3.8, 4) is 0 Å². The molecule has 2 aromatic carbocycles. The van der Waals surface area contributed by atoms with E-state index in [0.717, 1.165) is 0 Å². The maximum absolute atomic E-state index is 7.30. The molecule has 1 aliphatic rings. The molecule has 2 aromatic heterocycles. The Morgan fingerprint density at radius 1 is 1.07 bits per heavy atom. The topological polar surface area (TPSA) is 86.9 Å². The number of aliphatic imine (C=N–C) groups is 1. The van der Waals surface area contributed by atoms with Crippen LogP contribution in [0.25, 0.3) is 11.2 Å². The third kappa shape index (κ3) is 6.90. The minimum atomic E-state index is -2.76. The molecular formula is C32H42N6O3S2Si. The Morgan fingerprint density at radius 2 is 1.73 bits per heavy atom. The summed E-state index contributed by atoms with van der Waals surface area (Å²) in [4.78, 5) is 19.9. The zero-order valence-electron chi connectivity index (χ0n) is 26.5.